The first-order chi connectivity index (χ1) is 16.7. The number of ether oxygens (including phenoxy) is 2. The van der Waals surface area contributed by atoms with Gasteiger partial charge < -0.3 is 24.5 Å². The molecule has 2 aliphatic heterocycles. The van der Waals surface area contributed by atoms with Crippen LogP contribution in [0, 0.1) is 13.8 Å². The van der Waals surface area contributed by atoms with Gasteiger partial charge in [-0.1, -0.05) is 23.7 Å². The molecular weight excluding hydrogens is 474 g/mol. The van der Waals surface area contributed by atoms with Gasteiger partial charge in [-0.05, 0) is 37.1 Å². The summed E-state index contributed by atoms with van der Waals surface area (Å²) in [6.07, 6.45) is 0. The summed E-state index contributed by atoms with van der Waals surface area (Å²) in [5.74, 6) is -2.41. The smallest absolute Gasteiger partial charge is 0.354 e. The maximum Gasteiger partial charge on any atom is 0.354 e. The van der Waals surface area contributed by atoms with E-state index in [1.165, 1.54) is 12.0 Å². The molecule has 0 saturated carbocycles. The average Bonchev–Trinajstić information content (AvgIpc) is 3.29. The SMILES string of the molecule is COC(=O)c1[nH]c(C)c(/C(O)=C2\C(=O)C(=O)N(CCN3CCOCC3)[C@@H]2c2cccc(Cl)c2)c1C. The lowest BCUT2D eigenvalue weighted by molar-refractivity contribution is -0.140. The Hall–Kier alpha value is -3.14. The quantitative estimate of drug-likeness (QED) is 0.271. The number of carbonyl (C=O) groups excluding carboxylic acids is 3. The Balaban J connectivity index is 1.80. The second kappa shape index (κ2) is 10.2. The van der Waals surface area contributed by atoms with Gasteiger partial charge in [0.25, 0.3) is 11.7 Å². The number of morpholine rings is 1. The number of benzene rings is 1. The molecule has 10 heteroatoms. The molecule has 35 heavy (non-hydrogen) atoms. The number of amides is 1. The molecule has 0 bridgehead atoms. The van der Waals surface area contributed by atoms with Crippen molar-refractivity contribution in [3.8, 4) is 0 Å². The first-order valence-corrected chi connectivity index (χ1v) is 11.7. The van der Waals surface area contributed by atoms with Gasteiger partial charge in [-0.25, -0.2) is 4.79 Å². The third-order valence-corrected chi connectivity index (χ3v) is 6.76. The Morgan fingerprint density at radius 3 is 2.60 bits per heavy atom. The van der Waals surface area contributed by atoms with E-state index < -0.39 is 23.7 Å². The summed E-state index contributed by atoms with van der Waals surface area (Å²) in [5, 5.41) is 11.9. The van der Waals surface area contributed by atoms with Gasteiger partial charge in [0.05, 0.1) is 31.9 Å². The number of aliphatic hydroxyl groups is 1. The standard InChI is InChI=1S/C25H28ClN3O6/c1-14-18(15(2)27-20(14)25(33)34-3)22(30)19-21(16-5-4-6-17(26)13-16)29(24(32)23(19)31)8-7-28-9-11-35-12-10-28/h4-6,13,21,27,30H,7-12H2,1-3H3/b22-19+/t21-/m1/s1. The fourth-order valence-corrected chi connectivity index (χ4v) is 4.95. The number of nitrogens with one attached hydrogen (secondary N) is 1. The monoisotopic (exact) mass is 501 g/mol. The third-order valence-electron chi connectivity index (χ3n) is 6.53. The van der Waals surface area contributed by atoms with E-state index in [2.05, 4.69) is 9.88 Å². The zero-order chi connectivity index (χ0) is 25.3. The molecule has 0 unspecified atom stereocenters. The summed E-state index contributed by atoms with van der Waals surface area (Å²) >= 11 is 6.25. The molecule has 186 valence electrons. The van der Waals surface area contributed by atoms with Crippen molar-refractivity contribution in [3.63, 3.8) is 0 Å². The summed E-state index contributed by atoms with van der Waals surface area (Å²) in [5.41, 5.74) is 1.94. The van der Waals surface area contributed by atoms with Gasteiger partial charge in [0.2, 0.25) is 0 Å². The Bertz CT molecular complexity index is 1200. The highest BCUT2D eigenvalue weighted by Crippen LogP contribution is 2.41. The minimum atomic E-state index is -0.829. The minimum absolute atomic E-state index is 0.0409. The number of esters is 1. The van der Waals surface area contributed by atoms with Crippen LogP contribution in [0.5, 0.6) is 0 Å². The molecule has 1 aromatic carbocycles. The molecular formula is C25H28ClN3O6. The van der Waals surface area contributed by atoms with Gasteiger partial charge >= 0.3 is 5.97 Å². The fraction of sp³-hybridized carbons (Fsp3) is 0.400. The minimum Gasteiger partial charge on any atom is -0.507 e. The predicted octanol–water partition coefficient (Wildman–Crippen LogP) is 2.83. The number of hydrogen-bond donors (Lipinski definition) is 2. The van der Waals surface area contributed by atoms with E-state index in [1.54, 1.807) is 38.1 Å². The van der Waals surface area contributed by atoms with Crippen LogP contribution in [0.15, 0.2) is 29.8 Å². The molecule has 2 aliphatic rings. The maximum atomic E-state index is 13.3. The molecule has 3 heterocycles. The number of aromatic amines is 1. The number of methoxy groups -OCH3 is 1. The number of likely N-dealkylation sites (tertiary alicyclic amines) is 1. The number of hydrogen-bond acceptors (Lipinski definition) is 7. The van der Waals surface area contributed by atoms with Crippen molar-refractivity contribution in [2.24, 2.45) is 0 Å². The van der Waals surface area contributed by atoms with E-state index in [-0.39, 0.29) is 23.6 Å². The summed E-state index contributed by atoms with van der Waals surface area (Å²) in [4.78, 5) is 45.2. The molecule has 2 N–H and O–H groups in total. The molecule has 0 spiro atoms. The predicted molar refractivity (Wildman–Crippen MR) is 129 cm³/mol. The lowest BCUT2D eigenvalue weighted by Gasteiger charge is -2.31. The summed E-state index contributed by atoms with van der Waals surface area (Å²) in [6, 6.07) is 6.07. The van der Waals surface area contributed by atoms with Crippen LogP contribution in [-0.4, -0.2) is 84.1 Å². The molecule has 1 aromatic heterocycles. The third kappa shape index (κ3) is 4.71. The van der Waals surface area contributed by atoms with Gasteiger partial charge in [0, 0.05) is 42.5 Å². The number of aliphatic hydroxyl groups excluding tert-OH is 1. The Labute approximate surface area is 208 Å². The fourth-order valence-electron chi connectivity index (χ4n) is 4.75. The number of aromatic nitrogens is 1. The largest absolute Gasteiger partial charge is 0.507 e. The Morgan fingerprint density at radius 2 is 1.94 bits per heavy atom. The van der Waals surface area contributed by atoms with Crippen molar-refractivity contribution < 1.29 is 29.0 Å². The number of H-pyrrole nitrogens is 1. The zero-order valence-electron chi connectivity index (χ0n) is 19.9. The highest BCUT2D eigenvalue weighted by Gasteiger charge is 2.46. The normalized spacial score (nSPS) is 20.5. The molecule has 0 radical (unpaired) electrons. The number of rotatable bonds is 6. The first kappa shape index (κ1) is 25.0. The molecule has 0 aliphatic carbocycles. The van der Waals surface area contributed by atoms with Crippen molar-refractivity contribution in [2.45, 2.75) is 19.9 Å². The van der Waals surface area contributed by atoms with Crippen molar-refractivity contribution in [2.75, 3.05) is 46.5 Å². The Morgan fingerprint density at radius 1 is 1.23 bits per heavy atom. The molecule has 1 atom stereocenters. The zero-order valence-corrected chi connectivity index (χ0v) is 20.6. The topological polar surface area (TPSA) is 112 Å². The molecule has 4 rings (SSSR count). The molecule has 2 fully saturated rings. The van der Waals surface area contributed by atoms with Crippen LogP contribution in [0.2, 0.25) is 5.02 Å². The van der Waals surface area contributed by atoms with Gasteiger partial charge in [-0.2, -0.15) is 0 Å². The number of halogens is 1. The number of Topliss-reactive ketones (excluding diaryl/α,β-unsaturated/α-hetero) is 1. The van der Waals surface area contributed by atoms with Crippen LogP contribution in [0.1, 0.15) is 38.9 Å². The van der Waals surface area contributed by atoms with Crippen molar-refractivity contribution in [1.82, 2.24) is 14.8 Å². The van der Waals surface area contributed by atoms with Crippen LogP contribution in [0.4, 0.5) is 0 Å². The number of carbonyl (C=O) groups is 3. The van der Waals surface area contributed by atoms with Gasteiger partial charge in [0.1, 0.15) is 11.5 Å². The summed E-state index contributed by atoms with van der Waals surface area (Å²) < 4.78 is 10.2. The molecule has 2 saturated heterocycles. The average molecular weight is 502 g/mol. The second-order valence-electron chi connectivity index (χ2n) is 8.62. The molecule has 1 amide bonds. The number of nitrogens with zero attached hydrogens (tertiary/aromatic N) is 2. The van der Waals surface area contributed by atoms with Crippen molar-refractivity contribution in [3.05, 3.63) is 62.9 Å². The lowest BCUT2D eigenvalue weighted by atomic mass is 9.94. The van der Waals surface area contributed by atoms with Gasteiger partial charge in [0.15, 0.2) is 0 Å². The van der Waals surface area contributed by atoms with Crippen LogP contribution in [0.25, 0.3) is 5.76 Å². The maximum absolute atomic E-state index is 13.3. The molecule has 2 aromatic rings. The van der Waals surface area contributed by atoms with Crippen LogP contribution in [0.3, 0.4) is 0 Å². The van der Waals surface area contributed by atoms with E-state index in [4.69, 9.17) is 21.1 Å². The highest BCUT2D eigenvalue weighted by molar-refractivity contribution is 6.46. The van der Waals surface area contributed by atoms with E-state index in [0.29, 0.717) is 47.2 Å². The number of aryl methyl sites for hydroxylation is 1. The number of ketones is 1. The first-order valence-electron chi connectivity index (χ1n) is 11.4. The summed E-state index contributed by atoms with van der Waals surface area (Å²) in [7, 11) is 1.26. The van der Waals surface area contributed by atoms with Gasteiger partial charge in [-0.15, -0.1) is 0 Å². The summed E-state index contributed by atoms with van der Waals surface area (Å²) in [6.45, 7) is 6.88. The van der Waals surface area contributed by atoms with Crippen LogP contribution >= 0.6 is 11.6 Å². The Kier molecular flexibility index (Phi) is 7.30. The van der Waals surface area contributed by atoms with Crippen molar-refractivity contribution in [1.29, 1.82) is 0 Å². The highest BCUT2D eigenvalue weighted by atomic mass is 35.5. The van der Waals surface area contributed by atoms with Crippen molar-refractivity contribution >= 4 is 35.0 Å². The van der Waals surface area contributed by atoms with Crippen LogP contribution < -0.4 is 0 Å². The van der Waals surface area contributed by atoms with Gasteiger partial charge in [-0.3, -0.25) is 14.5 Å². The van der Waals surface area contributed by atoms with E-state index in [1.807, 2.05) is 0 Å². The second-order valence-corrected chi connectivity index (χ2v) is 9.05. The lowest BCUT2D eigenvalue weighted by Crippen LogP contribution is -2.42. The molecule has 9 nitrogen and oxygen atoms in total. The van der Waals surface area contributed by atoms with Crippen LogP contribution in [-0.2, 0) is 19.1 Å². The van der Waals surface area contributed by atoms with E-state index >= 15 is 0 Å². The van der Waals surface area contributed by atoms with E-state index in [9.17, 15) is 19.5 Å². The van der Waals surface area contributed by atoms with E-state index in [0.717, 1.165) is 13.1 Å².